The van der Waals surface area contributed by atoms with Crippen molar-refractivity contribution in [3.05, 3.63) is 50.6 Å². The van der Waals surface area contributed by atoms with Gasteiger partial charge in [0.25, 0.3) is 0 Å². The molecule has 2 heterocycles. The lowest BCUT2D eigenvalue weighted by atomic mass is 10.2. The van der Waals surface area contributed by atoms with Crippen LogP contribution < -0.4 is 4.74 Å². The summed E-state index contributed by atoms with van der Waals surface area (Å²) >= 11 is 7.24. The summed E-state index contributed by atoms with van der Waals surface area (Å²) in [6, 6.07) is 6.43. The topological polar surface area (TPSA) is 78.2 Å². The van der Waals surface area contributed by atoms with Gasteiger partial charge < -0.3 is 4.74 Å². The summed E-state index contributed by atoms with van der Waals surface area (Å²) in [5, 5.41) is 13.6. The minimum atomic E-state index is -0.498. The number of aryl methyl sites for hydroxylation is 1. The van der Waals surface area contributed by atoms with Gasteiger partial charge in [0.2, 0.25) is 16.9 Å². The number of fused-ring (bicyclic) bond motifs is 1. The predicted molar refractivity (Wildman–Crippen MR) is 80.3 cm³/mol. The van der Waals surface area contributed by atoms with E-state index in [0.29, 0.717) is 10.2 Å². The van der Waals surface area contributed by atoms with Gasteiger partial charge in [0.15, 0.2) is 0 Å². The van der Waals surface area contributed by atoms with E-state index in [2.05, 4.69) is 9.97 Å². The van der Waals surface area contributed by atoms with Gasteiger partial charge >= 0.3 is 5.69 Å². The van der Waals surface area contributed by atoms with Crippen LogP contribution in [0.2, 0.25) is 5.28 Å². The maximum atomic E-state index is 11.1. The van der Waals surface area contributed by atoms with Crippen LogP contribution in [0.4, 0.5) is 5.69 Å². The molecule has 3 aromatic rings. The molecular weight excluding hydrogens is 314 g/mol. The molecule has 0 aliphatic rings. The van der Waals surface area contributed by atoms with Crippen LogP contribution in [0.5, 0.6) is 11.6 Å². The molecule has 6 nitrogen and oxygen atoms in total. The van der Waals surface area contributed by atoms with Gasteiger partial charge in [-0.15, -0.1) is 11.3 Å². The SMILES string of the molecule is Cc1ccc([N+](=O)[O-])c(Oc2nc(Cl)nc3sccc23)c1. The Morgan fingerprint density at radius 2 is 2.14 bits per heavy atom. The molecule has 0 saturated carbocycles. The highest BCUT2D eigenvalue weighted by molar-refractivity contribution is 7.16. The second-order valence-corrected chi connectivity index (χ2v) is 5.50. The van der Waals surface area contributed by atoms with E-state index in [0.717, 1.165) is 5.56 Å². The van der Waals surface area contributed by atoms with Crippen molar-refractivity contribution in [1.29, 1.82) is 0 Å². The number of hydrogen-bond acceptors (Lipinski definition) is 6. The molecule has 3 rings (SSSR count). The molecule has 106 valence electrons. The molecule has 8 heteroatoms. The fourth-order valence-electron chi connectivity index (χ4n) is 1.84. The molecule has 1 aromatic carbocycles. The average Bonchev–Trinajstić information content (AvgIpc) is 2.86. The molecule has 2 aromatic heterocycles. The number of halogens is 1. The van der Waals surface area contributed by atoms with Gasteiger partial charge in [-0.2, -0.15) is 4.98 Å². The van der Waals surface area contributed by atoms with Crippen molar-refractivity contribution >= 4 is 38.8 Å². The number of aromatic nitrogens is 2. The van der Waals surface area contributed by atoms with E-state index in [1.54, 1.807) is 18.2 Å². The van der Waals surface area contributed by atoms with Crippen LogP contribution >= 0.6 is 22.9 Å². The highest BCUT2D eigenvalue weighted by atomic mass is 35.5. The Hall–Kier alpha value is -2.25. The maximum absolute atomic E-state index is 11.1. The van der Waals surface area contributed by atoms with Crippen molar-refractivity contribution in [2.24, 2.45) is 0 Å². The van der Waals surface area contributed by atoms with E-state index in [-0.39, 0.29) is 22.6 Å². The number of nitro groups is 1. The van der Waals surface area contributed by atoms with E-state index in [4.69, 9.17) is 16.3 Å². The van der Waals surface area contributed by atoms with Crippen molar-refractivity contribution in [3.8, 4) is 11.6 Å². The monoisotopic (exact) mass is 321 g/mol. The molecule has 0 fully saturated rings. The molecule has 0 saturated heterocycles. The summed E-state index contributed by atoms with van der Waals surface area (Å²) in [4.78, 5) is 19.3. The van der Waals surface area contributed by atoms with Crippen LogP contribution in [0.1, 0.15) is 5.56 Å². The number of nitrogens with zero attached hydrogens (tertiary/aromatic N) is 3. The fraction of sp³-hybridized carbons (Fsp3) is 0.0769. The molecule has 0 spiro atoms. The van der Waals surface area contributed by atoms with Crippen LogP contribution in [-0.4, -0.2) is 14.9 Å². The van der Waals surface area contributed by atoms with Crippen molar-refractivity contribution in [2.75, 3.05) is 0 Å². The first-order valence-electron chi connectivity index (χ1n) is 5.88. The lowest BCUT2D eigenvalue weighted by Gasteiger charge is -2.07. The van der Waals surface area contributed by atoms with Crippen molar-refractivity contribution in [3.63, 3.8) is 0 Å². The van der Waals surface area contributed by atoms with Gasteiger partial charge in [0.1, 0.15) is 4.83 Å². The second kappa shape index (κ2) is 5.27. The zero-order chi connectivity index (χ0) is 15.0. The Bertz CT molecular complexity index is 850. The molecule has 0 bridgehead atoms. The highest BCUT2D eigenvalue weighted by Crippen LogP contribution is 2.35. The third-order valence-electron chi connectivity index (χ3n) is 2.78. The lowest BCUT2D eigenvalue weighted by molar-refractivity contribution is -0.385. The Balaban J connectivity index is 2.12. The molecule has 0 aliphatic heterocycles. The second-order valence-electron chi connectivity index (χ2n) is 4.27. The average molecular weight is 322 g/mol. The van der Waals surface area contributed by atoms with E-state index in [1.165, 1.54) is 17.4 Å². The Kier molecular flexibility index (Phi) is 3.44. The molecule has 0 atom stereocenters. The Labute approximate surface area is 128 Å². The van der Waals surface area contributed by atoms with Crippen LogP contribution in [-0.2, 0) is 0 Å². The summed E-state index contributed by atoms with van der Waals surface area (Å²) in [6.45, 7) is 1.82. The maximum Gasteiger partial charge on any atom is 0.311 e. The summed E-state index contributed by atoms with van der Waals surface area (Å²) in [7, 11) is 0. The Morgan fingerprint density at radius 1 is 1.33 bits per heavy atom. The quantitative estimate of drug-likeness (QED) is 0.407. The van der Waals surface area contributed by atoms with Gasteiger partial charge in [-0.1, -0.05) is 6.07 Å². The lowest BCUT2D eigenvalue weighted by Crippen LogP contribution is -1.96. The van der Waals surface area contributed by atoms with Gasteiger partial charge in [-0.25, -0.2) is 4.98 Å². The number of nitro benzene ring substituents is 1. The fourth-order valence-corrected chi connectivity index (χ4v) is 2.81. The first-order chi connectivity index (χ1) is 10.0. The molecule has 21 heavy (non-hydrogen) atoms. The summed E-state index contributed by atoms with van der Waals surface area (Å²) in [6.07, 6.45) is 0. The smallest absolute Gasteiger partial charge is 0.311 e. The number of hydrogen-bond donors (Lipinski definition) is 0. The highest BCUT2D eigenvalue weighted by Gasteiger charge is 2.18. The molecule has 0 N–H and O–H groups in total. The largest absolute Gasteiger partial charge is 0.431 e. The van der Waals surface area contributed by atoms with Crippen molar-refractivity contribution in [1.82, 2.24) is 9.97 Å². The summed E-state index contributed by atoms with van der Waals surface area (Å²) in [5.74, 6) is 0.335. The minimum Gasteiger partial charge on any atom is -0.431 e. The molecular formula is C13H8ClN3O3S. The number of ether oxygens (including phenoxy) is 1. The third kappa shape index (κ3) is 2.65. The first-order valence-corrected chi connectivity index (χ1v) is 7.14. The molecule has 0 radical (unpaired) electrons. The van der Waals surface area contributed by atoms with Crippen molar-refractivity contribution in [2.45, 2.75) is 6.92 Å². The Morgan fingerprint density at radius 3 is 2.90 bits per heavy atom. The minimum absolute atomic E-state index is 0.0373. The summed E-state index contributed by atoms with van der Waals surface area (Å²) in [5.41, 5.74) is 0.719. The normalized spacial score (nSPS) is 10.8. The van der Waals surface area contributed by atoms with E-state index >= 15 is 0 Å². The van der Waals surface area contributed by atoms with Crippen LogP contribution in [0.25, 0.3) is 10.2 Å². The standard InChI is InChI=1S/C13H8ClN3O3S/c1-7-2-3-9(17(18)19)10(6-7)20-11-8-4-5-21-12(8)16-13(14)15-11/h2-6H,1H3. The van der Waals surface area contributed by atoms with Crippen molar-refractivity contribution < 1.29 is 9.66 Å². The number of benzene rings is 1. The van der Waals surface area contributed by atoms with Crippen LogP contribution in [0, 0.1) is 17.0 Å². The molecule has 0 unspecified atom stereocenters. The zero-order valence-electron chi connectivity index (χ0n) is 10.7. The van der Waals surface area contributed by atoms with Crippen LogP contribution in [0.15, 0.2) is 29.6 Å². The zero-order valence-corrected chi connectivity index (χ0v) is 12.3. The number of rotatable bonds is 3. The van der Waals surface area contributed by atoms with Gasteiger partial charge in [0, 0.05) is 6.07 Å². The van der Waals surface area contributed by atoms with Gasteiger partial charge in [-0.05, 0) is 41.6 Å². The molecule has 0 aliphatic carbocycles. The van der Waals surface area contributed by atoms with Gasteiger partial charge in [-0.3, -0.25) is 10.1 Å². The predicted octanol–water partition coefficient (Wildman–Crippen LogP) is 4.35. The third-order valence-corrected chi connectivity index (χ3v) is 3.76. The van der Waals surface area contributed by atoms with E-state index in [1.807, 2.05) is 12.3 Å². The van der Waals surface area contributed by atoms with Crippen LogP contribution in [0.3, 0.4) is 0 Å². The van der Waals surface area contributed by atoms with Gasteiger partial charge in [0.05, 0.1) is 10.3 Å². The van der Waals surface area contributed by atoms with E-state index < -0.39 is 4.92 Å². The van der Waals surface area contributed by atoms with E-state index in [9.17, 15) is 10.1 Å². The number of thiophene rings is 1. The first kappa shape index (κ1) is 13.7. The molecule has 0 amide bonds. The summed E-state index contributed by atoms with van der Waals surface area (Å²) < 4.78 is 5.63.